The molecule has 1 unspecified atom stereocenters. The minimum Gasteiger partial charge on any atom is -0.501 e. The van der Waals surface area contributed by atoms with Gasteiger partial charge in [-0.05, 0) is 19.3 Å². The Kier molecular flexibility index (Phi) is 3.34. The van der Waals surface area contributed by atoms with Gasteiger partial charge in [0.2, 0.25) is 17.1 Å². The third kappa shape index (κ3) is 1.54. The van der Waals surface area contributed by atoms with Gasteiger partial charge in [0, 0.05) is 12.0 Å². The van der Waals surface area contributed by atoms with Crippen molar-refractivity contribution in [1.82, 2.24) is 0 Å². The van der Waals surface area contributed by atoms with E-state index in [1.807, 2.05) is 0 Å². The fraction of sp³-hybridized carbons (Fsp3) is 0.615. The van der Waals surface area contributed by atoms with E-state index in [9.17, 15) is 9.90 Å². The summed E-state index contributed by atoms with van der Waals surface area (Å²) in [5, 5.41) is 10.6. The van der Waals surface area contributed by atoms with E-state index in [1.54, 1.807) is 7.11 Å². The van der Waals surface area contributed by atoms with Crippen LogP contribution in [0.25, 0.3) is 0 Å². The zero-order valence-corrected chi connectivity index (χ0v) is 10.9. The fourth-order valence-electron chi connectivity index (χ4n) is 2.66. The zero-order chi connectivity index (χ0) is 13.3. The molecule has 0 bridgehead atoms. The van der Waals surface area contributed by atoms with Crippen molar-refractivity contribution in [2.75, 3.05) is 21.3 Å². The van der Waals surface area contributed by atoms with Crippen molar-refractivity contribution in [3.8, 4) is 0 Å². The SMILES string of the molecule is COC1=C(C2(O)C(=O)C(OC)=C2OC)CCCC1. The lowest BCUT2D eigenvalue weighted by Crippen LogP contribution is -2.54. The second kappa shape index (κ2) is 4.65. The van der Waals surface area contributed by atoms with E-state index in [2.05, 4.69) is 0 Å². The molecular formula is C13H18O5. The van der Waals surface area contributed by atoms with Crippen LogP contribution in [0.4, 0.5) is 0 Å². The van der Waals surface area contributed by atoms with Gasteiger partial charge in [-0.2, -0.15) is 0 Å². The number of Topliss-reactive ketones (excluding diaryl/α,β-unsaturated/α-hetero) is 1. The van der Waals surface area contributed by atoms with E-state index in [1.165, 1.54) is 14.2 Å². The van der Waals surface area contributed by atoms with Crippen molar-refractivity contribution in [2.45, 2.75) is 31.3 Å². The van der Waals surface area contributed by atoms with Gasteiger partial charge in [-0.1, -0.05) is 0 Å². The number of carbonyl (C=O) groups excluding carboxylic acids is 1. The van der Waals surface area contributed by atoms with Gasteiger partial charge in [0.1, 0.15) is 0 Å². The Morgan fingerprint density at radius 2 is 1.72 bits per heavy atom. The Bertz CT molecular complexity index is 435. The van der Waals surface area contributed by atoms with Crippen LogP contribution in [-0.2, 0) is 19.0 Å². The van der Waals surface area contributed by atoms with E-state index in [0.29, 0.717) is 17.8 Å². The molecule has 2 aliphatic carbocycles. The van der Waals surface area contributed by atoms with Gasteiger partial charge < -0.3 is 19.3 Å². The van der Waals surface area contributed by atoms with Gasteiger partial charge in [-0.15, -0.1) is 0 Å². The number of rotatable bonds is 4. The number of allylic oxidation sites excluding steroid dienone is 1. The van der Waals surface area contributed by atoms with Gasteiger partial charge in [-0.3, -0.25) is 4.79 Å². The van der Waals surface area contributed by atoms with E-state index < -0.39 is 11.4 Å². The summed E-state index contributed by atoms with van der Waals surface area (Å²) in [6, 6.07) is 0. The monoisotopic (exact) mass is 254 g/mol. The van der Waals surface area contributed by atoms with Crippen LogP contribution in [0.15, 0.2) is 22.9 Å². The number of hydrogen-bond acceptors (Lipinski definition) is 5. The average molecular weight is 254 g/mol. The molecule has 0 saturated heterocycles. The molecule has 100 valence electrons. The van der Waals surface area contributed by atoms with Gasteiger partial charge in [0.05, 0.1) is 27.1 Å². The molecular weight excluding hydrogens is 236 g/mol. The summed E-state index contributed by atoms with van der Waals surface area (Å²) in [4.78, 5) is 12.0. The lowest BCUT2D eigenvalue weighted by molar-refractivity contribution is -0.141. The van der Waals surface area contributed by atoms with E-state index >= 15 is 0 Å². The summed E-state index contributed by atoms with van der Waals surface area (Å²) < 4.78 is 15.3. The third-order valence-electron chi connectivity index (χ3n) is 3.58. The summed E-state index contributed by atoms with van der Waals surface area (Å²) in [7, 11) is 4.36. The minimum atomic E-state index is -1.69. The quantitative estimate of drug-likeness (QED) is 0.818. The third-order valence-corrected chi connectivity index (χ3v) is 3.58. The van der Waals surface area contributed by atoms with Crippen molar-refractivity contribution in [3.63, 3.8) is 0 Å². The van der Waals surface area contributed by atoms with Crippen molar-refractivity contribution in [3.05, 3.63) is 22.9 Å². The number of aliphatic hydroxyl groups is 1. The molecule has 0 spiro atoms. The number of ether oxygens (including phenoxy) is 3. The molecule has 0 heterocycles. The average Bonchev–Trinajstić information content (AvgIpc) is 2.42. The van der Waals surface area contributed by atoms with Gasteiger partial charge in [0.15, 0.2) is 5.76 Å². The Balaban J connectivity index is 2.47. The van der Waals surface area contributed by atoms with E-state index in [0.717, 1.165) is 19.3 Å². The van der Waals surface area contributed by atoms with Crippen molar-refractivity contribution < 1.29 is 24.1 Å². The summed E-state index contributed by atoms with van der Waals surface area (Å²) in [5.74, 6) is 0.505. The van der Waals surface area contributed by atoms with Crippen molar-refractivity contribution in [1.29, 1.82) is 0 Å². The summed E-state index contributed by atoms with van der Waals surface area (Å²) in [6.07, 6.45) is 3.30. The van der Waals surface area contributed by atoms with E-state index in [4.69, 9.17) is 14.2 Å². The molecule has 0 radical (unpaired) electrons. The lowest BCUT2D eigenvalue weighted by atomic mass is 9.73. The molecule has 0 fully saturated rings. The van der Waals surface area contributed by atoms with Crippen LogP contribution < -0.4 is 0 Å². The topological polar surface area (TPSA) is 65.0 Å². The highest BCUT2D eigenvalue weighted by atomic mass is 16.5. The molecule has 18 heavy (non-hydrogen) atoms. The Morgan fingerprint density at radius 3 is 2.28 bits per heavy atom. The predicted molar refractivity (Wildman–Crippen MR) is 63.5 cm³/mol. The number of ketones is 1. The van der Waals surface area contributed by atoms with Crippen LogP contribution in [0.1, 0.15) is 25.7 Å². The first-order valence-electron chi connectivity index (χ1n) is 5.97. The lowest BCUT2D eigenvalue weighted by Gasteiger charge is -2.40. The Labute approximate surface area is 106 Å². The Hall–Kier alpha value is -1.49. The maximum absolute atomic E-state index is 12.0. The molecule has 0 aromatic heterocycles. The van der Waals surface area contributed by atoms with Crippen LogP contribution >= 0.6 is 0 Å². The van der Waals surface area contributed by atoms with Crippen LogP contribution in [0, 0.1) is 0 Å². The molecule has 0 saturated carbocycles. The van der Waals surface area contributed by atoms with Gasteiger partial charge in [0.25, 0.3) is 0 Å². The predicted octanol–water partition coefficient (Wildman–Crippen LogP) is 1.28. The molecule has 1 atom stereocenters. The van der Waals surface area contributed by atoms with Crippen LogP contribution in [0.2, 0.25) is 0 Å². The maximum atomic E-state index is 12.0. The molecule has 2 rings (SSSR count). The number of methoxy groups -OCH3 is 3. The zero-order valence-electron chi connectivity index (χ0n) is 10.9. The second-order valence-corrected chi connectivity index (χ2v) is 4.42. The summed E-state index contributed by atoms with van der Waals surface area (Å²) >= 11 is 0. The number of hydrogen-bond donors (Lipinski definition) is 1. The molecule has 0 amide bonds. The summed E-state index contributed by atoms with van der Waals surface area (Å²) in [6.45, 7) is 0. The largest absolute Gasteiger partial charge is 0.501 e. The first-order chi connectivity index (χ1) is 8.61. The second-order valence-electron chi connectivity index (χ2n) is 4.42. The van der Waals surface area contributed by atoms with Gasteiger partial charge >= 0.3 is 0 Å². The highest BCUT2D eigenvalue weighted by molar-refractivity contribution is 6.12. The molecule has 5 nitrogen and oxygen atoms in total. The van der Waals surface area contributed by atoms with Crippen LogP contribution in [0.3, 0.4) is 0 Å². The van der Waals surface area contributed by atoms with Crippen molar-refractivity contribution >= 4 is 5.78 Å². The van der Waals surface area contributed by atoms with Gasteiger partial charge in [-0.25, -0.2) is 0 Å². The summed E-state index contributed by atoms with van der Waals surface area (Å²) in [5.41, 5.74) is -1.08. The molecule has 1 N–H and O–H groups in total. The first-order valence-corrected chi connectivity index (χ1v) is 5.97. The molecule has 2 aliphatic rings. The molecule has 0 aromatic rings. The highest BCUT2D eigenvalue weighted by Crippen LogP contribution is 2.46. The molecule has 5 heteroatoms. The number of carbonyl (C=O) groups is 1. The first kappa shape index (κ1) is 13.0. The normalized spacial score (nSPS) is 28.1. The minimum absolute atomic E-state index is 0.0912. The molecule has 0 aliphatic heterocycles. The molecule has 0 aromatic carbocycles. The van der Waals surface area contributed by atoms with Crippen LogP contribution in [0.5, 0.6) is 0 Å². The van der Waals surface area contributed by atoms with E-state index in [-0.39, 0.29) is 11.5 Å². The van der Waals surface area contributed by atoms with Crippen molar-refractivity contribution in [2.24, 2.45) is 0 Å². The maximum Gasteiger partial charge on any atom is 0.244 e. The Morgan fingerprint density at radius 1 is 1.06 bits per heavy atom. The van der Waals surface area contributed by atoms with Crippen LogP contribution in [-0.4, -0.2) is 37.8 Å². The fourth-order valence-corrected chi connectivity index (χ4v) is 2.66. The smallest absolute Gasteiger partial charge is 0.244 e. The standard InChI is InChI=1S/C13H18O5/c1-16-9-7-5-4-6-8(9)13(15)11(14)10(17-2)12(13)18-3/h15H,4-7H2,1-3H3. The highest BCUT2D eigenvalue weighted by Gasteiger charge is 2.59.